The Morgan fingerprint density at radius 3 is 1.40 bits per heavy atom. The number of carboxylic acids is 1. The Morgan fingerprint density at radius 2 is 0.933 bits per heavy atom. The number of H-pyrrole nitrogens is 1. The van der Waals surface area contributed by atoms with Crippen LogP contribution in [0.5, 0.6) is 5.75 Å². The fourth-order valence-electron chi connectivity index (χ4n) is 8.75. The minimum absolute atomic E-state index is 0.0196. The summed E-state index contributed by atoms with van der Waals surface area (Å²) < 4.78 is 0. The molecule has 1 aromatic heterocycles. The van der Waals surface area contributed by atoms with Crippen molar-refractivity contribution in [3.05, 3.63) is 48.0 Å². The van der Waals surface area contributed by atoms with Crippen LogP contribution in [0.4, 0.5) is 0 Å². The van der Waals surface area contributed by atoms with Crippen LogP contribution >= 0.6 is 0 Å². The number of carboxylic acid groups (broad SMARTS) is 1. The van der Waals surface area contributed by atoms with Gasteiger partial charge in [0.25, 0.3) is 0 Å². The van der Waals surface area contributed by atoms with E-state index in [2.05, 4.69) is 72.8 Å². The maximum absolute atomic E-state index is 14.6. The van der Waals surface area contributed by atoms with Gasteiger partial charge in [0.15, 0.2) is 17.9 Å². The van der Waals surface area contributed by atoms with Gasteiger partial charge in [-0.2, -0.15) is 0 Å². The van der Waals surface area contributed by atoms with Crippen LogP contribution in [0, 0.1) is 11.8 Å². The standard InChI is InChI=1S/C56H96N22O12/c1-7-30(4)43(78-49(85)39(16-12-24-68-56(63)64)73-51(87)42(29(2)3)77-45(81)32(6)70-44(80)31(5)71-46(82)36(58)13-10-22-66-54(59)60)52(88)74-37(14-8-9-21-57)47(83)75-40(25-33-17-19-35(79)20-18-33)50(86)72-38(15-11-23-67-55(61)62)48(84)76-41(53(89)90)26-34-27-65-28-69-34/h17-20,27-32,36-43,79H,7-16,21-26,57-58H2,1-6H3,(H,65,69)(H,70,80)(H,71,82)(H,72,86)(H,73,87)(H,74,88)(H,75,83)(H,76,84)(H,77,81)(H,78,85)(H,89,90)(H4,59,60,66)(H4,61,62,67)(H4,63,64,68)/t30-,31-,32-,36-,37-,38-,39-,40-,41-,42-,43-/m0/s1. The lowest BCUT2D eigenvalue weighted by Gasteiger charge is -2.30. The van der Waals surface area contributed by atoms with E-state index in [9.17, 15) is 58.2 Å². The molecule has 34 heteroatoms. The van der Waals surface area contributed by atoms with E-state index in [4.69, 9.17) is 45.9 Å². The molecule has 9 amide bonds. The summed E-state index contributed by atoms with van der Waals surface area (Å²) in [5, 5.41) is 43.7. The minimum Gasteiger partial charge on any atom is -0.508 e. The predicted molar refractivity (Wildman–Crippen MR) is 335 cm³/mol. The number of aromatic hydroxyl groups is 1. The van der Waals surface area contributed by atoms with Gasteiger partial charge >= 0.3 is 5.97 Å². The van der Waals surface area contributed by atoms with Crippen molar-refractivity contribution < 1.29 is 58.2 Å². The number of benzene rings is 1. The average molecular weight is 1270 g/mol. The average Bonchev–Trinajstić information content (AvgIpc) is 3.63. The Bertz CT molecular complexity index is 2740. The first-order valence-corrected chi connectivity index (χ1v) is 29.8. The fourth-order valence-corrected chi connectivity index (χ4v) is 8.75. The normalized spacial score (nSPS) is 14.7. The highest BCUT2D eigenvalue weighted by atomic mass is 16.4. The zero-order chi connectivity index (χ0) is 67.6. The minimum atomic E-state index is -1.48. The summed E-state index contributed by atoms with van der Waals surface area (Å²) in [5.74, 6) is -10.5. The van der Waals surface area contributed by atoms with Crippen molar-refractivity contribution in [1.82, 2.24) is 57.8 Å². The number of aromatic amines is 1. The van der Waals surface area contributed by atoms with Gasteiger partial charge in [0, 0.05) is 44.4 Å². The van der Waals surface area contributed by atoms with Crippen molar-refractivity contribution in [2.45, 2.75) is 179 Å². The first-order chi connectivity index (χ1) is 42.5. The van der Waals surface area contributed by atoms with Gasteiger partial charge in [-0.3, -0.25) is 58.1 Å². The number of aliphatic carboxylic acids is 1. The summed E-state index contributed by atoms with van der Waals surface area (Å²) in [4.78, 5) is 157. The molecule has 0 fully saturated rings. The van der Waals surface area contributed by atoms with E-state index in [1.54, 1.807) is 27.7 Å². The van der Waals surface area contributed by atoms with Crippen LogP contribution in [0.15, 0.2) is 51.8 Å². The smallest absolute Gasteiger partial charge is 0.326 e. The number of carbonyl (C=O) groups excluding carboxylic acids is 9. The monoisotopic (exact) mass is 1270 g/mol. The first kappa shape index (κ1) is 76.8. The maximum Gasteiger partial charge on any atom is 0.326 e. The lowest BCUT2D eigenvalue weighted by molar-refractivity contribution is -0.142. The van der Waals surface area contributed by atoms with Crippen molar-refractivity contribution in [2.75, 3.05) is 26.2 Å². The molecular weight excluding hydrogens is 1170 g/mol. The number of nitrogens with two attached hydrogens (primary N) is 8. The molecule has 0 aliphatic rings. The first-order valence-electron chi connectivity index (χ1n) is 29.8. The van der Waals surface area contributed by atoms with E-state index in [0.29, 0.717) is 36.9 Å². The number of phenols is 1. The van der Waals surface area contributed by atoms with Crippen molar-refractivity contribution in [1.29, 1.82) is 0 Å². The number of hydrogen-bond acceptors (Lipinski definition) is 17. The van der Waals surface area contributed by atoms with Crippen molar-refractivity contribution >= 4 is 77.0 Å². The van der Waals surface area contributed by atoms with Crippen LogP contribution in [-0.4, -0.2) is 184 Å². The maximum atomic E-state index is 14.6. The lowest BCUT2D eigenvalue weighted by atomic mass is 9.96. The quantitative estimate of drug-likeness (QED) is 0.0168. The van der Waals surface area contributed by atoms with Crippen LogP contribution in [-0.2, 0) is 60.8 Å². The molecule has 90 heavy (non-hydrogen) atoms. The Balaban J connectivity index is 2.47. The number of imidazole rings is 1. The number of unbranched alkanes of at least 4 members (excludes halogenated alkanes) is 1. The topological polar surface area (TPSA) is 593 Å². The second-order valence-corrected chi connectivity index (χ2v) is 22.1. The molecule has 28 N–H and O–H groups in total. The molecule has 0 spiro atoms. The molecular formula is C56H96N22O12. The van der Waals surface area contributed by atoms with Gasteiger partial charge in [0.1, 0.15) is 60.1 Å². The molecule has 1 heterocycles. The third-order valence-electron chi connectivity index (χ3n) is 14.2. The van der Waals surface area contributed by atoms with E-state index in [-0.39, 0.29) is 101 Å². The molecule has 11 atom stereocenters. The number of hydrogen-bond donors (Lipinski definition) is 20. The molecule has 2 rings (SSSR count). The van der Waals surface area contributed by atoms with Gasteiger partial charge < -0.3 is 109 Å². The number of amides is 9. The highest BCUT2D eigenvalue weighted by Crippen LogP contribution is 2.16. The van der Waals surface area contributed by atoms with Gasteiger partial charge in [0.2, 0.25) is 53.2 Å². The van der Waals surface area contributed by atoms with Crippen LogP contribution < -0.4 is 93.7 Å². The van der Waals surface area contributed by atoms with E-state index in [1.807, 2.05) is 0 Å². The summed E-state index contributed by atoms with van der Waals surface area (Å²) in [6, 6.07) is -7.38. The van der Waals surface area contributed by atoms with Crippen LogP contribution in [0.2, 0.25) is 0 Å². The molecule has 0 unspecified atom stereocenters. The molecule has 1 aromatic carbocycles. The van der Waals surface area contributed by atoms with Crippen LogP contribution in [0.3, 0.4) is 0 Å². The number of aliphatic imine (C=N–C) groups is 3. The fraction of sp³-hybridized carbons (Fsp3) is 0.607. The number of rotatable bonds is 42. The Kier molecular flexibility index (Phi) is 34.3. The van der Waals surface area contributed by atoms with Gasteiger partial charge in [-0.25, -0.2) is 9.78 Å². The summed E-state index contributed by atoms with van der Waals surface area (Å²) in [6.45, 7) is 9.94. The molecule has 0 aliphatic carbocycles. The molecule has 34 nitrogen and oxygen atoms in total. The van der Waals surface area contributed by atoms with Gasteiger partial charge in [-0.15, -0.1) is 0 Å². The Labute approximate surface area is 523 Å². The van der Waals surface area contributed by atoms with Gasteiger partial charge in [-0.1, -0.05) is 46.2 Å². The second-order valence-electron chi connectivity index (χ2n) is 22.1. The molecule has 0 radical (unpaired) electrons. The zero-order valence-corrected chi connectivity index (χ0v) is 52.1. The number of phenolic OH excluding ortho intramolecular Hbond substituents is 1. The van der Waals surface area contributed by atoms with Crippen molar-refractivity contribution in [2.24, 2.45) is 72.7 Å². The largest absolute Gasteiger partial charge is 0.508 e. The summed E-state index contributed by atoms with van der Waals surface area (Å²) in [5.41, 5.74) is 45.4. The third kappa shape index (κ3) is 29.1. The van der Waals surface area contributed by atoms with Gasteiger partial charge in [0.05, 0.1) is 12.4 Å². The van der Waals surface area contributed by atoms with E-state index in [1.165, 1.54) is 50.6 Å². The predicted octanol–water partition coefficient (Wildman–Crippen LogP) is -5.29. The van der Waals surface area contributed by atoms with E-state index >= 15 is 0 Å². The second kappa shape index (κ2) is 40.3. The third-order valence-corrected chi connectivity index (χ3v) is 14.2. The highest BCUT2D eigenvalue weighted by molar-refractivity contribution is 5.98. The number of nitrogens with one attached hydrogen (secondary N) is 10. The number of nitrogens with zero attached hydrogens (tertiary/aromatic N) is 4. The Hall–Kier alpha value is -9.34. The molecule has 0 saturated carbocycles. The summed E-state index contributed by atoms with van der Waals surface area (Å²) in [7, 11) is 0. The number of guanidine groups is 3. The van der Waals surface area contributed by atoms with Crippen molar-refractivity contribution in [3.63, 3.8) is 0 Å². The van der Waals surface area contributed by atoms with E-state index < -0.39 is 131 Å². The highest BCUT2D eigenvalue weighted by Gasteiger charge is 2.37. The Morgan fingerprint density at radius 1 is 0.511 bits per heavy atom. The summed E-state index contributed by atoms with van der Waals surface area (Å²) in [6.07, 6.45) is 3.99. The molecule has 0 bridgehead atoms. The SMILES string of the molecule is CC[C@H](C)[C@H](NC(=O)[C@H](CCCN=C(N)N)NC(=O)[C@@H](NC(=O)[C@H](C)NC(=O)[C@H](C)NC(=O)[C@@H](N)CCCN=C(N)N)C(C)C)C(=O)N[C@@H](CCCCN)C(=O)N[C@@H](Cc1ccc(O)cc1)C(=O)N[C@@H](CCCN=C(N)N)C(=O)N[C@@H](Cc1cnc[nH]1)C(=O)O. The van der Waals surface area contributed by atoms with Crippen LogP contribution in [0.25, 0.3) is 0 Å². The van der Waals surface area contributed by atoms with Gasteiger partial charge in [-0.05, 0) is 108 Å². The molecule has 0 aliphatic heterocycles. The van der Waals surface area contributed by atoms with E-state index in [0.717, 1.165) is 0 Å². The van der Waals surface area contributed by atoms with Crippen LogP contribution in [0.1, 0.15) is 117 Å². The molecule has 502 valence electrons. The molecule has 2 aromatic rings. The zero-order valence-electron chi connectivity index (χ0n) is 52.1. The van der Waals surface area contributed by atoms with Crippen molar-refractivity contribution in [3.8, 4) is 5.75 Å². The number of carbonyl (C=O) groups is 10. The number of aromatic nitrogens is 2. The lowest BCUT2D eigenvalue weighted by Crippen LogP contribution is -2.61. The summed E-state index contributed by atoms with van der Waals surface area (Å²) >= 11 is 0. The molecule has 0 saturated heterocycles.